The van der Waals surface area contributed by atoms with Crippen LogP contribution in [0.5, 0.6) is 11.5 Å². The number of amides is 1. The summed E-state index contributed by atoms with van der Waals surface area (Å²) in [6, 6.07) is 14.1. The van der Waals surface area contributed by atoms with Crippen molar-refractivity contribution in [2.24, 2.45) is 0 Å². The van der Waals surface area contributed by atoms with Gasteiger partial charge in [0.15, 0.2) is 0 Å². The molecule has 0 N–H and O–H groups in total. The predicted octanol–water partition coefficient (Wildman–Crippen LogP) is 2.52. The smallest absolute Gasteiger partial charge is 0.243 e. The standard InChI is InChI=1S/C20H26N2O5S/c1-5-27-19-13-9-7-11-17(19)22(28(4,24)25)15-20(23)21(2)14-16-10-6-8-12-18(16)26-3/h6-13H,5,14-15H2,1-4H3. The first-order valence-electron chi connectivity index (χ1n) is 8.83. The number of rotatable bonds is 9. The fourth-order valence-electron chi connectivity index (χ4n) is 2.74. The summed E-state index contributed by atoms with van der Waals surface area (Å²) in [6.45, 7) is 2.17. The number of sulfonamides is 1. The van der Waals surface area contributed by atoms with E-state index in [1.165, 1.54) is 4.90 Å². The molecule has 0 radical (unpaired) electrons. The third kappa shape index (κ3) is 5.39. The maximum atomic E-state index is 12.8. The van der Waals surface area contributed by atoms with Crippen molar-refractivity contribution in [2.75, 3.05) is 37.9 Å². The predicted molar refractivity (Wildman–Crippen MR) is 109 cm³/mol. The molecule has 0 aliphatic heterocycles. The van der Waals surface area contributed by atoms with E-state index in [4.69, 9.17) is 9.47 Å². The number of hydrogen-bond donors (Lipinski definition) is 0. The van der Waals surface area contributed by atoms with Gasteiger partial charge in [-0.15, -0.1) is 0 Å². The first-order chi connectivity index (χ1) is 13.3. The molecule has 152 valence electrons. The van der Waals surface area contributed by atoms with Crippen LogP contribution in [0.3, 0.4) is 0 Å². The van der Waals surface area contributed by atoms with Crippen LogP contribution in [-0.4, -0.2) is 52.8 Å². The van der Waals surface area contributed by atoms with Crippen molar-refractivity contribution in [3.63, 3.8) is 0 Å². The maximum absolute atomic E-state index is 12.8. The van der Waals surface area contributed by atoms with E-state index >= 15 is 0 Å². The molecule has 7 nitrogen and oxygen atoms in total. The van der Waals surface area contributed by atoms with Gasteiger partial charge in [0.1, 0.15) is 18.0 Å². The zero-order valence-electron chi connectivity index (χ0n) is 16.6. The normalized spacial score (nSPS) is 11.0. The van der Waals surface area contributed by atoms with E-state index in [2.05, 4.69) is 0 Å². The number of benzene rings is 2. The summed E-state index contributed by atoms with van der Waals surface area (Å²) in [5.41, 5.74) is 1.17. The molecule has 0 aromatic heterocycles. The van der Waals surface area contributed by atoms with Gasteiger partial charge in [0.2, 0.25) is 15.9 Å². The van der Waals surface area contributed by atoms with Crippen molar-refractivity contribution in [3.05, 3.63) is 54.1 Å². The summed E-state index contributed by atoms with van der Waals surface area (Å²) in [5, 5.41) is 0. The van der Waals surface area contributed by atoms with E-state index in [9.17, 15) is 13.2 Å². The summed E-state index contributed by atoms with van der Waals surface area (Å²) >= 11 is 0. The van der Waals surface area contributed by atoms with Gasteiger partial charge in [-0.2, -0.15) is 0 Å². The number of anilines is 1. The molecule has 1 amide bonds. The summed E-state index contributed by atoms with van der Waals surface area (Å²) in [6.07, 6.45) is 1.07. The Labute approximate surface area is 166 Å². The second-order valence-electron chi connectivity index (χ2n) is 6.23. The molecule has 0 aliphatic carbocycles. The third-order valence-electron chi connectivity index (χ3n) is 4.14. The minimum Gasteiger partial charge on any atom is -0.496 e. The van der Waals surface area contributed by atoms with Crippen LogP contribution >= 0.6 is 0 Å². The number of carbonyl (C=O) groups is 1. The zero-order valence-corrected chi connectivity index (χ0v) is 17.4. The summed E-state index contributed by atoms with van der Waals surface area (Å²) in [5.74, 6) is 0.738. The number of nitrogens with zero attached hydrogens (tertiary/aromatic N) is 2. The molecule has 0 aliphatic rings. The van der Waals surface area contributed by atoms with E-state index in [-0.39, 0.29) is 12.5 Å². The lowest BCUT2D eigenvalue weighted by molar-refractivity contribution is -0.128. The number of para-hydroxylation sites is 3. The minimum absolute atomic E-state index is 0.299. The molecule has 0 atom stereocenters. The highest BCUT2D eigenvalue weighted by molar-refractivity contribution is 7.92. The monoisotopic (exact) mass is 406 g/mol. The third-order valence-corrected chi connectivity index (χ3v) is 5.27. The number of likely N-dealkylation sites (N-methyl/N-ethyl adjacent to an activating group) is 1. The van der Waals surface area contributed by atoms with Gasteiger partial charge in [0.05, 0.1) is 25.7 Å². The second kappa shape index (κ2) is 9.45. The lowest BCUT2D eigenvalue weighted by Gasteiger charge is -2.26. The number of hydrogen-bond acceptors (Lipinski definition) is 5. The van der Waals surface area contributed by atoms with Gasteiger partial charge in [0.25, 0.3) is 0 Å². The van der Waals surface area contributed by atoms with Gasteiger partial charge in [-0.3, -0.25) is 9.10 Å². The molecule has 2 aromatic carbocycles. The number of methoxy groups -OCH3 is 1. The van der Waals surface area contributed by atoms with E-state index in [1.807, 2.05) is 31.2 Å². The quantitative estimate of drug-likeness (QED) is 0.640. The molecule has 0 unspecified atom stereocenters. The molecule has 2 rings (SSSR count). The van der Waals surface area contributed by atoms with Gasteiger partial charge < -0.3 is 14.4 Å². The molecule has 28 heavy (non-hydrogen) atoms. The Balaban J connectivity index is 2.24. The van der Waals surface area contributed by atoms with Gasteiger partial charge in [-0.05, 0) is 25.1 Å². The van der Waals surface area contributed by atoms with Crippen molar-refractivity contribution in [1.29, 1.82) is 0 Å². The van der Waals surface area contributed by atoms with Gasteiger partial charge in [-0.1, -0.05) is 30.3 Å². The van der Waals surface area contributed by atoms with Crippen LogP contribution in [0, 0.1) is 0 Å². The molecule has 0 saturated carbocycles. The van der Waals surface area contributed by atoms with Crippen LogP contribution in [0.25, 0.3) is 0 Å². The molecule has 0 fully saturated rings. The highest BCUT2D eigenvalue weighted by atomic mass is 32.2. The Bertz CT molecular complexity index is 914. The molecule has 0 saturated heterocycles. The van der Waals surface area contributed by atoms with E-state index < -0.39 is 10.0 Å². The van der Waals surface area contributed by atoms with Crippen LogP contribution in [0.4, 0.5) is 5.69 Å². The highest BCUT2D eigenvalue weighted by Gasteiger charge is 2.25. The molecular weight excluding hydrogens is 380 g/mol. The van der Waals surface area contributed by atoms with Crippen molar-refractivity contribution < 1.29 is 22.7 Å². The average Bonchev–Trinajstić information content (AvgIpc) is 2.66. The molecule has 0 heterocycles. The lowest BCUT2D eigenvalue weighted by atomic mass is 10.2. The van der Waals surface area contributed by atoms with E-state index in [0.717, 1.165) is 16.1 Å². The number of carbonyl (C=O) groups excluding carboxylic acids is 1. The molecule has 0 spiro atoms. The summed E-state index contributed by atoms with van der Waals surface area (Å²) in [4.78, 5) is 14.3. The zero-order chi connectivity index (χ0) is 20.7. The van der Waals surface area contributed by atoms with Gasteiger partial charge >= 0.3 is 0 Å². The van der Waals surface area contributed by atoms with Crippen LogP contribution in [0.1, 0.15) is 12.5 Å². The Kier molecular flexibility index (Phi) is 7.28. The maximum Gasteiger partial charge on any atom is 0.243 e. The van der Waals surface area contributed by atoms with Crippen molar-refractivity contribution in [1.82, 2.24) is 4.90 Å². The van der Waals surface area contributed by atoms with E-state index in [1.54, 1.807) is 38.4 Å². The van der Waals surface area contributed by atoms with Crippen molar-refractivity contribution in [2.45, 2.75) is 13.5 Å². The number of ether oxygens (including phenoxy) is 2. The lowest BCUT2D eigenvalue weighted by Crippen LogP contribution is -2.41. The van der Waals surface area contributed by atoms with Crippen LogP contribution in [0.15, 0.2) is 48.5 Å². The molecular formula is C20H26N2O5S. The summed E-state index contributed by atoms with van der Waals surface area (Å²) in [7, 11) is -0.497. The molecule has 0 bridgehead atoms. The first-order valence-corrected chi connectivity index (χ1v) is 10.7. The topological polar surface area (TPSA) is 76.2 Å². The van der Waals surface area contributed by atoms with Crippen LogP contribution in [-0.2, 0) is 21.4 Å². The Morgan fingerprint density at radius 2 is 1.64 bits per heavy atom. The Morgan fingerprint density at radius 3 is 2.25 bits per heavy atom. The summed E-state index contributed by atoms with van der Waals surface area (Å²) < 4.78 is 36.7. The van der Waals surface area contributed by atoms with Gasteiger partial charge in [0, 0.05) is 19.2 Å². The minimum atomic E-state index is -3.69. The van der Waals surface area contributed by atoms with Crippen LogP contribution in [0.2, 0.25) is 0 Å². The highest BCUT2D eigenvalue weighted by Crippen LogP contribution is 2.30. The Hall–Kier alpha value is -2.74. The molecule has 2 aromatic rings. The van der Waals surface area contributed by atoms with E-state index in [0.29, 0.717) is 30.3 Å². The fraction of sp³-hybridized carbons (Fsp3) is 0.350. The average molecular weight is 407 g/mol. The van der Waals surface area contributed by atoms with Crippen molar-refractivity contribution in [3.8, 4) is 11.5 Å². The fourth-order valence-corrected chi connectivity index (χ4v) is 3.60. The van der Waals surface area contributed by atoms with Crippen LogP contribution < -0.4 is 13.8 Å². The SMILES string of the molecule is CCOc1ccccc1N(CC(=O)N(C)Cc1ccccc1OC)S(C)(=O)=O. The largest absolute Gasteiger partial charge is 0.496 e. The first kappa shape index (κ1) is 21.6. The van der Waals surface area contributed by atoms with Crippen molar-refractivity contribution >= 4 is 21.6 Å². The molecule has 8 heteroatoms. The second-order valence-corrected chi connectivity index (χ2v) is 8.14. The Morgan fingerprint density at radius 1 is 1.04 bits per heavy atom. The van der Waals surface area contributed by atoms with Gasteiger partial charge in [-0.25, -0.2) is 8.42 Å².